The zero-order valence-corrected chi connectivity index (χ0v) is 17.7. The van der Waals surface area contributed by atoms with Gasteiger partial charge in [0.1, 0.15) is 11.3 Å². The van der Waals surface area contributed by atoms with E-state index in [-0.39, 0.29) is 10.3 Å². The van der Waals surface area contributed by atoms with Gasteiger partial charge in [-0.1, -0.05) is 48.0 Å². The lowest BCUT2D eigenvalue weighted by atomic mass is 10.1. The highest BCUT2D eigenvalue weighted by molar-refractivity contribution is 7.92. The Kier molecular flexibility index (Phi) is 4.95. The number of benzene rings is 3. The summed E-state index contributed by atoms with van der Waals surface area (Å²) in [5.74, 6) is 0.465. The molecule has 0 aliphatic heterocycles. The quantitative estimate of drug-likeness (QED) is 0.494. The molecule has 0 unspecified atom stereocenters. The predicted molar refractivity (Wildman–Crippen MR) is 119 cm³/mol. The van der Waals surface area contributed by atoms with Crippen molar-refractivity contribution in [2.24, 2.45) is 0 Å². The molecule has 4 rings (SSSR count). The Morgan fingerprint density at radius 2 is 1.50 bits per heavy atom. The van der Waals surface area contributed by atoms with Crippen LogP contribution >= 0.6 is 0 Å². The normalized spacial score (nSPS) is 11.6. The van der Waals surface area contributed by atoms with E-state index in [9.17, 15) is 13.2 Å². The Morgan fingerprint density at radius 3 is 2.17 bits per heavy atom. The lowest BCUT2D eigenvalue weighted by molar-refractivity contribution is 0.600. The molecule has 3 aromatic carbocycles. The van der Waals surface area contributed by atoms with Crippen LogP contribution in [0.15, 0.2) is 80.8 Å². The molecule has 0 saturated carbocycles. The third-order valence-corrected chi connectivity index (χ3v) is 6.60. The second kappa shape index (κ2) is 7.46. The summed E-state index contributed by atoms with van der Waals surface area (Å²) in [7, 11) is -3.81. The number of sulfonamides is 1. The number of nitrogens with one attached hydrogen (secondary N) is 1. The predicted octanol–water partition coefficient (Wildman–Crippen LogP) is 5.19. The second-order valence-electron chi connectivity index (χ2n) is 7.39. The first-order valence-electron chi connectivity index (χ1n) is 9.48. The number of hydrogen-bond donors (Lipinski definition) is 1. The Labute approximate surface area is 175 Å². The Balaban J connectivity index is 1.74. The van der Waals surface area contributed by atoms with E-state index in [2.05, 4.69) is 4.72 Å². The van der Waals surface area contributed by atoms with Gasteiger partial charge >= 0.3 is 0 Å². The van der Waals surface area contributed by atoms with E-state index in [0.29, 0.717) is 33.5 Å². The first kappa shape index (κ1) is 19.9. The molecule has 5 nitrogen and oxygen atoms in total. The zero-order valence-electron chi connectivity index (χ0n) is 16.9. The first-order valence-corrected chi connectivity index (χ1v) is 11.0. The number of rotatable bonds is 4. The minimum atomic E-state index is -3.81. The monoisotopic (exact) mass is 419 g/mol. The van der Waals surface area contributed by atoms with Gasteiger partial charge in [0.25, 0.3) is 10.0 Å². The van der Waals surface area contributed by atoms with Crippen LogP contribution in [0.3, 0.4) is 0 Å². The molecule has 0 aliphatic rings. The number of fused-ring (bicyclic) bond motifs is 1. The van der Waals surface area contributed by atoms with Crippen molar-refractivity contribution in [2.45, 2.75) is 25.7 Å². The molecular weight excluding hydrogens is 398 g/mol. The summed E-state index contributed by atoms with van der Waals surface area (Å²) in [6, 6.07) is 19.1. The first-order chi connectivity index (χ1) is 14.2. The fourth-order valence-electron chi connectivity index (χ4n) is 3.76. The van der Waals surface area contributed by atoms with Crippen LogP contribution in [0, 0.1) is 20.8 Å². The Bertz CT molecular complexity index is 1400. The molecule has 1 heterocycles. The third kappa shape index (κ3) is 3.74. The molecule has 0 bridgehead atoms. The van der Waals surface area contributed by atoms with E-state index in [4.69, 9.17) is 4.42 Å². The summed E-state index contributed by atoms with van der Waals surface area (Å²) in [5, 5.41) is 0.312. The van der Waals surface area contributed by atoms with Crippen LogP contribution in [0.1, 0.15) is 16.7 Å². The Morgan fingerprint density at radius 1 is 0.833 bits per heavy atom. The summed E-state index contributed by atoms with van der Waals surface area (Å²) < 4.78 is 34.5. The molecular formula is C24H21NO4S. The molecule has 0 fully saturated rings. The fourth-order valence-corrected chi connectivity index (χ4v) is 5.27. The van der Waals surface area contributed by atoms with E-state index in [1.807, 2.05) is 49.4 Å². The molecule has 4 aromatic rings. The maximum atomic E-state index is 13.0. The van der Waals surface area contributed by atoms with Crippen molar-refractivity contribution < 1.29 is 12.8 Å². The van der Waals surface area contributed by atoms with Crippen molar-refractivity contribution in [3.63, 3.8) is 0 Å². The number of hydrogen-bond acceptors (Lipinski definition) is 4. The van der Waals surface area contributed by atoms with Gasteiger partial charge in [-0.15, -0.1) is 0 Å². The van der Waals surface area contributed by atoms with Gasteiger partial charge < -0.3 is 4.42 Å². The van der Waals surface area contributed by atoms with E-state index >= 15 is 0 Å². The van der Waals surface area contributed by atoms with Crippen molar-refractivity contribution in [1.29, 1.82) is 0 Å². The van der Waals surface area contributed by atoms with Crippen molar-refractivity contribution in [3.05, 3.63) is 93.6 Å². The van der Waals surface area contributed by atoms with Crippen LogP contribution in [0.25, 0.3) is 22.3 Å². The van der Waals surface area contributed by atoms with Crippen LogP contribution in [0.5, 0.6) is 0 Å². The maximum absolute atomic E-state index is 13.0. The fraction of sp³-hybridized carbons (Fsp3) is 0.125. The summed E-state index contributed by atoms with van der Waals surface area (Å²) in [6.07, 6.45) is 0. The molecule has 0 radical (unpaired) electrons. The van der Waals surface area contributed by atoms with E-state index < -0.39 is 10.0 Å². The van der Waals surface area contributed by atoms with Gasteiger partial charge in [0, 0.05) is 17.3 Å². The summed E-state index contributed by atoms with van der Waals surface area (Å²) in [6.45, 7) is 5.47. The average molecular weight is 420 g/mol. The highest BCUT2D eigenvalue weighted by Crippen LogP contribution is 2.27. The minimum Gasteiger partial charge on any atom is -0.456 e. The highest BCUT2D eigenvalue weighted by Gasteiger charge is 2.20. The molecule has 30 heavy (non-hydrogen) atoms. The highest BCUT2D eigenvalue weighted by atomic mass is 32.2. The smallest absolute Gasteiger partial charge is 0.262 e. The van der Waals surface area contributed by atoms with Gasteiger partial charge in [0.2, 0.25) is 0 Å². The number of aryl methyl sites for hydroxylation is 3. The number of anilines is 1. The van der Waals surface area contributed by atoms with Gasteiger partial charge in [-0.3, -0.25) is 9.52 Å². The largest absolute Gasteiger partial charge is 0.456 e. The van der Waals surface area contributed by atoms with Crippen LogP contribution in [0.4, 0.5) is 5.69 Å². The average Bonchev–Trinajstić information content (AvgIpc) is 2.67. The van der Waals surface area contributed by atoms with Gasteiger partial charge in [0.05, 0.1) is 10.3 Å². The maximum Gasteiger partial charge on any atom is 0.262 e. The molecule has 1 N–H and O–H groups in total. The van der Waals surface area contributed by atoms with E-state index in [1.165, 1.54) is 12.1 Å². The van der Waals surface area contributed by atoms with Crippen molar-refractivity contribution in [1.82, 2.24) is 0 Å². The minimum absolute atomic E-state index is 0.237. The van der Waals surface area contributed by atoms with Gasteiger partial charge in [-0.2, -0.15) is 0 Å². The van der Waals surface area contributed by atoms with Crippen LogP contribution < -0.4 is 10.2 Å². The SMILES string of the molecule is Cc1cc(C)c(S(=O)(=O)Nc2ccc3oc(-c4ccccc4)cc(=O)c3c2)c(C)c1. The van der Waals surface area contributed by atoms with Crippen molar-refractivity contribution in [2.75, 3.05) is 4.72 Å². The van der Waals surface area contributed by atoms with Crippen molar-refractivity contribution in [3.8, 4) is 11.3 Å². The summed E-state index contributed by atoms with van der Waals surface area (Å²) in [5.41, 5.74) is 3.61. The molecule has 6 heteroatoms. The van der Waals surface area contributed by atoms with Crippen molar-refractivity contribution >= 4 is 26.7 Å². The van der Waals surface area contributed by atoms with Gasteiger partial charge in [-0.05, 0) is 50.1 Å². The van der Waals surface area contributed by atoms with Gasteiger partial charge in [-0.25, -0.2) is 8.42 Å². The third-order valence-electron chi connectivity index (χ3n) is 4.91. The standard InChI is InChI=1S/C24H21NO4S/c1-15-11-16(2)24(17(3)12-15)30(27,28)25-19-9-10-22-20(13-19)21(26)14-23(29-22)18-7-5-4-6-8-18/h4-14,25H,1-3H3. The van der Waals surface area contributed by atoms with E-state index in [0.717, 1.165) is 11.1 Å². The summed E-state index contributed by atoms with van der Waals surface area (Å²) >= 11 is 0. The lowest BCUT2D eigenvalue weighted by Crippen LogP contribution is -2.16. The molecule has 0 aliphatic carbocycles. The molecule has 0 atom stereocenters. The van der Waals surface area contributed by atoms with E-state index in [1.54, 1.807) is 26.0 Å². The second-order valence-corrected chi connectivity index (χ2v) is 9.00. The Hall–Kier alpha value is -3.38. The summed E-state index contributed by atoms with van der Waals surface area (Å²) in [4.78, 5) is 12.9. The molecule has 0 amide bonds. The molecule has 152 valence electrons. The van der Waals surface area contributed by atoms with Crippen LogP contribution in [-0.4, -0.2) is 8.42 Å². The topological polar surface area (TPSA) is 76.4 Å². The van der Waals surface area contributed by atoms with Crippen LogP contribution in [0.2, 0.25) is 0 Å². The molecule has 0 saturated heterocycles. The van der Waals surface area contributed by atoms with Crippen LogP contribution in [-0.2, 0) is 10.0 Å². The van der Waals surface area contributed by atoms with Gasteiger partial charge in [0.15, 0.2) is 5.43 Å². The molecule has 1 aromatic heterocycles. The molecule has 0 spiro atoms. The lowest BCUT2D eigenvalue weighted by Gasteiger charge is -2.14. The zero-order chi connectivity index (χ0) is 21.5.